The van der Waals surface area contributed by atoms with Crippen molar-refractivity contribution < 1.29 is 22.7 Å². The van der Waals surface area contributed by atoms with Gasteiger partial charge >= 0.3 is 0 Å². The van der Waals surface area contributed by atoms with Crippen molar-refractivity contribution in [3.8, 4) is 5.69 Å². The standard InChI is InChI=1S/C23H19F4N5O2/c24-16-4-2-1-3-14(16)10-32-18-5-6-31(21(34)15(18)8-29-32)19-7-20(28-9-17(19)25)30-22(13-33)11-23(26,27)12-22/h1-9,33H,10-13H2,(H,28,30). The lowest BCUT2D eigenvalue weighted by atomic mass is 9.74. The maximum absolute atomic E-state index is 14.6. The van der Waals surface area contributed by atoms with E-state index >= 15 is 0 Å². The lowest BCUT2D eigenvalue weighted by molar-refractivity contribution is -0.126. The van der Waals surface area contributed by atoms with Crippen LogP contribution in [0.4, 0.5) is 23.4 Å². The molecule has 34 heavy (non-hydrogen) atoms. The van der Waals surface area contributed by atoms with E-state index in [2.05, 4.69) is 15.4 Å². The molecular formula is C23H19F4N5O2. The Morgan fingerprint density at radius 1 is 1.09 bits per heavy atom. The van der Waals surface area contributed by atoms with Crippen LogP contribution in [0.25, 0.3) is 16.6 Å². The minimum atomic E-state index is -2.90. The number of nitrogens with zero attached hydrogens (tertiary/aromatic N) is 4. The van der Waals surface area contributed by atoms with Gasteiger partial charge in [-0.3, -0.25) is 14.0 Å². The van der Waals surface area contributed by atoms with Gasteiger partial charge in [0.1, 0.15) is 11.6 Å². The van der Waals surface area contributed by atoms with Gasteiger partial charge in [0.15, 0.2) is 5.82 Å². The van der Waals surface area contributed by atoms with Crippen LogP contribution in [0.3, 0.4) is 0 Å². The number of nitrogens with one attached hydrogen (secondary N) is 1. The Morgan fingerprint density at radius 2 is 1.85 bits per heavy atom. The van der Waals surface area contributed by atoms with Gasteiger partial charge in [-0.15, -0.1) is 0 Å². The Hall–Kier alpha value is -3.73. The van der Waals surface area contributed by atoms with Gasteiger partial charge in [-0.1, -0.05) is 18.2 Å². The molecule has 2 N–H and O–H groups in total. The molecule has 0 saturated heterocycles. The highest BCUT2D eigenvalue weighted by molar-refractivity contribution is 5.78. The molecule has 1 aromatic carbocycles. The van der Waals surface area contributed by atoms with Crippen molar-refractivity contribution in [2.24, 2.45) is 0 Å². The van der Waals surface area contributed by atoms with Gasteiger partial charge in [0, 0.05) is 30.7 Å². The molecule has 11 heteroatoms. The topological polar surface area (TPSA) is 85.0 Å². The van der Waals surface area contributed by atoms with Crippen LogP contribution in [0.15, 0.2) is 59.8 Å². The Bertz CT molecular complexity index is 1440. The third kappa shape index (κ3) is 3.81. The van der Waals surface area contributed by atoms with Crippen LogP contribution < -0.4 is 10.9 Å². The molecule has 0 atom stereocenters. The normalized spacial score (nSPS) is 16.4. The van der Waals surface area contributed by atoms with E-state index in [1.165, 1.54) is 29.2 Å². The summed E-state index contributed by atoms with van der Waals surface area (Å²) < 4.78 is 58.0. The van der Waals surface area contributed by atoms with Gasteiger partial charge in [-0.25, -0.2) is 22.5 Å². The van der Waals surface area contributed by atoms with Crippen molar-refractivity contribution in [1.82, 2.24) is 19.3 Å². The van der Waals surface area contributed by atoms with Gasteiger partial charge in [0.25, 0.3) is 11.5 Å². The summed E-state index contributed by atoms with van der Waals surface area (Å²) in [7, 11) is 0. The zero-order valence-corrected chi connectivity index (χ0v) is 17.7. The zero-order valence-electron chi connectivity index (χ0n) is 17.7. The summed E-state index contributed by atoms with van der Waals surface area (Å²) in [5.41, 5.74) is -1.15. The van der Waals surface area contributed by atoms with Crippen LogP contribution >= 0.6 is 0 Å². The molecule has 0 radical (unpaired) electrons. The first-order valence-electron chi connectivity index (χ1n) is 10.4. The predicted octanol–water partition coefficient (Wildman–Crippen LogP) is 3.48. The summed E-state index contributed by atoms with van der Waals surface area (Å²) in [5, 5.41) is 16.7. The second kappa shape index (κ2) is 7.94. The maximum atomic E-state index is 14.6. The van der Waals surface area contributed by atoms with Crippen LogP contribution in [0.1, 0.15) is 18.4 Å². The highest BCUT2D eigenvalue weighted by atomic mass is 19.3. The Kier molecular flexibility index (Phi) is 5.16. The molecular weight excluding hydrogens is 454 g/mol. The summed E-state index contributed by atoms with van der Waals surface area (Å²) >= 11 is 0. The van der Waals surface area contributed by atoms with Gasteiger partial charge in [0.2, 0.25) is 0 Å². The van der Waals surface area contributed by atoms with Gasteiger partial charge in [-0.2, -0.15) is 5.10 Å². The van der Waals surface area contributed by atoms with Crippen molar-refractivity contribution in [2.45, 2.75) is 30.8 Å². The van der Waals surface area contributed by atoms with Crippen LogP contribution in [-0.2, 0) is 6.54 Å². The molecule has 0 amide bonds. The number of halogens is 4. The Balaban J connectivity index is 1.49. The molecule has 5 rings (SSSR count). The molecule has 3 aromatic heterocycles. The quantitative estimate of drug-likeness (QED) is 0.419. The van der Waals surface area contributed by atoms with Crippen molar-refractivity contribution in [3.63, 3.8) is 0 Å². The molecule has 1 saturated carbocycles. The number of aliphatic hydroxyl groups excluding tert-OH is 1. The number of pyridine rings is 2. The molecule has 0 spiro atoms. The minimum absolute atomic E-state index is 0.0446. The SMILES string of the molecule is O=c1c2cnn(Cc3ccccc3F)c2ccn1-c1cc(NC2(CO)CC(F)(F)C2)ncc1F. The summed E-state index contributed by atoms with van der Waals surface area (Å²) in [6.07, 6.45) is 2.38. The first kappa shape index (κ1) is 22.1. The molecule has 176 valence electrons. The van der Waals surface area contributed by atoms with Crippen molar-refractivity contribution in [2.75, 3.05) is 11.9 Å². The lowest BCUT2D eigenvalue weighted by Crippen LogP contribution is -2.59. The average molecular weight is 473 g/mol. The van der Waals surface area contributed by atoms with Crippen molar-refractivity contribution >= 4 is 16.7 Å². The van der Waals surface area contributed by atoms with E-state index in [-0.39, 0.29) is 23.4 Å². The largest absolute Gasteiger partial charge is 0.394 e. The molecule has 1 fully saturated rings. The average Bonchev–Trinajstić information content (AvgIpc) is 3.19. The maximum Gasteiger partial charge on any atom is 0.266 e. The van der Waals surface area contributed by atoms with E-state index in [1.807, 2.05) is 0 Å². The fourth-order valence-corrected chi connectivity index (χ4v) is 4.31. The number of alkyl halides is 2. The van der Waals surface area contributed by atoms with Crippen molar-refractivity contribution in [3.05, 3.63) is 82.5 Å². The van der Waals surface area contributed by atoms with Crippen LogP contribution in [0.5, 0.6) is 0 Å². The van der Waals surface area contributed by atoms with Crippen molar-refractivity contribution in [1.29, 1.82) is 0 Å². The van der Waals surface area contributed by atoms with E-state index in [0.29, 0.717) is 11.1 Å². The highest BCUT2D eigenvalue weighted by Gasteiger charge is 2.56. The summed E-state index contributed by atoms with van der Waals surface area (Å²) in [4.78, 5) is 17.0. The molecule has 0 bridgehead atoms. The predicted molar refractivity (Wildman–Crippen MR) is 116 cm³/mol. The third-order valence-electron chi connectivity index (χ3n) is 5.97. The second-order valence-corrected chi connectivity index (χ2v) is 8.48. The molecule has 1 aliphatic rings. The zero-order chi connectivity index (χ0) is 24.1. The fourth-order valence-electron chi connectivity index (χ4n) is 4.31. The van der Waals surface area contributed by atoms with E-state index in [1.54, 1.807) is 24.3 Å². The molecule has 0 aliphatic heterocycles. The molecule has 0 unspecified atom stereocenters. The molecule has 1 aliphatic carbocycles. The van der Waals surface area contributed by atoms with Gasteiger partial charge < -0.3 is 10.4 Å². The Morgan fingerprint density at radius 3 is 2.56 bits per heavy atom. The summed E-state index contributed by atoms with van der Waals surface area (Å²) in [6.45, 7) is -0.449. The monoisotopic (exact) mass is 473 g/mol. The number of fused-ring (bicyclic) bond motifs is 1. The Labute approximate surface area is 190 Å². The fraction of sp³-hybridized carbons (Fsp3) is 0.261. The molecule has 4 aromatic rings. The number of hydrogen-bond donors (Lipinski definition) is 2. The number of anilines is 1. The van der Waals surface area contributed by atoms with Gasteiger partial charge in [-0.05, 0) is 12.1 Å². The minimum Gasteiger partial charge on any atom is -0.394 e. The number of aromatic nitrogens is 4. The first-order chi connectivity index (χ1) is 16.2. The summed E-state index contributed by atoms with van der Waals surface area (Å²) in [5.74, 6) is -4.06. The van der Waals surface area contributed by atoms with Crippen LogP contribution in [0.2, 0.25) is 0 Å². The van der Waals surface area contributed by atoms with Crippen LogP contribution in [0, 0.1) is 11.6 Å². The number of hydrogen-bond acceptors (Lipinski definition) is 5. The van der Waals surface area contributed by atoms with E-state index < -0.39 is 48.1 Å². The van der Waals surface area contributed by atoms with Crippen LogP contribution in [-0.4, -0.2) is 42.5 Å². The highest BCUT2D eigenvalue weighted by Crippen LogP contribution is 2.47. The third-order valence-corrected chi connectivity index (χ3v) is 5.97. The molecule has 3 heterocycles. The second-order valence-electron chi connectivity index (χ2n) is 8.48. The first-order valence-corrected chi connectivity index (χ1v) is 10.4. The van der Waals surface area contributed by atoms with E-state index in [0.717, 1.165) is 10.8 Å². The van der Waals surface area contributed by atoms with Gasteiger partial charge in [0.05, 0.1) is 47.7 Å². The lowest BCUT2D eigenvalue weighted by Gasteiger charge is -2.46. The number of aliphatic hydroxyl groups is 1. The van der Waals surface area contributed by atoms with E-state index in [4.69, 9.17) is 0 Å². The number of rotatable bonds is 6. The summed E-state index contributed by atoms with van der Waals surface area (Å²) in [6, 6.07) is 8.99. The number of benzene rings is 1. The van der Waals surface area contributed by atoms with E-state index in [9.17, 15) is 27.5 Å². The smallest absolute Gasteiger partial charge is 0.266 e. The molecule has 7 nitrogen and oxygen atoms in total.